The molecule has 3 nitrogen and oxygen atoms in total. The zero-order valence-corrected chi connectivity index (χ0v) is 10.1. The SMILES string of the molecule is CCc1cnc(CC2CCCCCN2)nc1. The molecule has 0 radical (unpaired) electrons. The van der Waals surface area contributed by atoms with Crippen LogP contribution in [0.25, 0.3) is 0 Å². The molecule has 1 N–H and O–H groups in total. The molecule has 2 rings (SSSR count). The molecule has 1 atom stereocenters. The largest absolute Gasteiger partial charge is 0.314 e. The summed E-state index contributed by atoms with van der Waals surface area (Å²) in [5, 5.41) is 3.58. The summed E-state index contributed by atoms with van der Waals surface area (Å²) in [5.41, 5.74) is 1.22. The van der Waals surface area contributed by atoms with Crippen LogP contribution in [0.15, 0.2) is 12.4 Å². The third-order valence-corrected chi connectivity index (χ3v) is 3.26. The van der Waals surface area contributed by atoms with Crippen molar-refractivity contribution in [2.24, 2.45) is 0 Å². The maximum atomic E-state index is 4.42. The molecule has 2 heterocycles. The van der Waals surface area contributed by atoms with Crippen molar-refractivity contribution in [1.29, 1.82) is 0 Å². The number of rotatable bonds is 3. The average Bonchev–Trinajstić information content (AvgIpc) is 2.59. The van der Waals surface area contributed by atoms with Gasteiger partial charge in [-0.3, -0.25) is 0 Å². The summed E-state index contributed by atoms with van der Waals surface area (Å²) in [6, 6.07) is 0.579. The van der Waals surface area contributed by atoms with Crippen LogP contribution >= 0.6 is 0 Å². The molecular weight excluding hydrogens is 198 g/mol. The van der Waals surface area contributed by atoms with Crippen molar-refractivity contribution < 1.29 is 0 Å². The van der Waals surface area contributed by atoms with Crippen LogP contribution in [0.1, 0.15) is 44.0 Å². The molecule has 88 valence electrons. The van der Waals surface area contributed by atoms with Crippen molar-refractivity contribution in [1.82, 2.24) is 15.3 Å². The first-order chi connectivity index (χ1) is 7.88. The van der Waals surface area contributed by atoms with E-state index in [0.29, 0.717) is 6.04 Å². The van der Waals surface area contributed by atoms with Gasteiger partial charge in [0.1, 0.15) is 5.82 Å². The van der Waals surface area contributed by atoms with Gasteiger partial charge in [-0.15, -0.1) is 0 Å². The van der Waals surface area contributed by atoms with E-state index in [1.807, 2.05) is 12.4 Å². The highest BCUT2D eigenvalue weighted by atomic mass is 14.9. The Hall–Kier alpha value is -0.960. The van der Waals surface area contributed by atoms with Gasteiger partial charge in [-0.1, -0.05) is 19.8 Å². The third kappa shape index (κ3) is 3.27. The molecule has 1 aromatic rings. The fourth-order valence-electron chi connectivity index (χ4n) is 2.16. The fourth-order valence-corrected chi connectivity index (χ4v) is 2.16. The van der Waals surface area contributed by atoms with Crippen molar-refractivity contribution in [3.05, 3.63) is 23.8 Å². The zero-order chi connectivity index (χ0) is 11.2. The summed E-state index contributed by atoms with van der Waals surface area (Å²) in [6.45, 7) is 3.28. The van der Waals surface area contributed by atoms with E-state index in [4.69, 9.17) is 0 Å². The topological polar surface area (TPSA) is 37.8 Å². The smallest absolute Gasteiger partial charge is 0.129 e. The van der Waals surface area contributed by atoms with Crippen LogP contribution in [0.5, 0.6) is 0 Å². The second kappa shape index (κ2) is 5.94. The fraction of sp³-hybridized carbons (Fsp3) is 0.692. The highest BCUT2D eigenvalue weighted by Gasteiger charge is 2.13. The van der Waals surface area contributed by atoms with Crippen LogP contribution in [-0.2, 0) is 12.8 Å². The maximum absolute atomic E-state index is 4.42. The van der Waals surface area contributed by atoms with Gasteiger partial charge < -0.3 is 5.32 Å². The first kappa shape index (κ1) is 11.5. The summed E-state index contributed by atoms with van der Waals surface area (Å²) in [5.74, 6) is 0.983. The van der Waals surface area contributed by atoms with Crippen molar-refractivity contribution in [3.8, 4) is 0 Å². The Labute approximate surface area is 97.7 Å². The van der Waals surface area contributed by atoms with Gasteiger partial charge in [-0.25, -0.2) is 9.97 Å². The lowest BCUT2D eigenvalue weighted by Gasteiger charge is -2.14. The molecule has 1 unspecified atom stereocenters. The van der Waals surface area contributed by atoms with Crippen LogP contribution in [0, 0.1) is 0 Å². The van der Waals surface area contributed by atoms with Crippen molar-refractivity contribution >= 4 is 0 Å². The molecule has 3 heteroatoms. The Balaban J connectivity index is 1.91. The summed E-state index contributed by atoms with van der Waals surface area (Å²) in [4.78, 5) is 8.85. The van der Waals surface area contributed by atoms with Crippen LogP contribution in [-0.4, -0.2) is 22.6 Å². The molecular formula is C13H21N3. The van der Waals surface area contributed by atoms with E-state index in [2.05, 4.69) is 22.2 Å². The number of hydrogen-bond acceptors (Lipinski definition) is 3. The van der Waals surface area contributed by atoms with Gasteiger partial charge in [0.15, 0.2) is 0 Å². The molecule has 1 fully saturated rings. The molecule has 0 aromatic carbocycles. The molecule has 0 aliphatic carbocycles. The summed E-state index contributed by atoms with van der Waals surface area (Å²) >= 11 is 0. The second-order valence-electron chi connectivity index (χ2n) is 4.57. The Bertz CT molecular complexity index is 299. The zero-order valence-electron chi connectivity index (χ0n) is 10.1. The summed E-state index contributed by atoms with van der Waals surface area (Å²) < 4.78 is 0. The molecule has 0 bridgehead atoms. The van der Waals surface area contributed by atoms with Gasteiger partial charge in [0.25, 0.3) is 0 Å². The van der Waals surface area contributed by atoms with Gasteiger partial charge in [0.2, 0.25) is 0 Å². The summed E-state index contributed by atoms with van der Waals surface area (Å²) in [7, 11) is 0. The Morgan fingerprint density at radius 1 is 1.25 bits per heavy atom. The lowest BCUT2D eigenvalue weighted by Crippen LogP contribution is -2.30. The Kier molecular flexibility index (Phi) is 4.28. The van der Waals surface area contributed by atoms with E-state index >= 15 is 0 Å². The Morgan fingerprint density at radius 2 is 2.06 bits per heavy atom. The highest BCUT2D eigenvalue weighted by molar-refractivity contribution is 5.05. The van der Waals surface area contributed by atoms with E-state index in [-0.39, 0.29) is 0 Å². The van der Waals surface area contributed by atoms with Gasteiger partial charge >= 0.3 is 0 Å². The van der Waals surface area contributed by atoms with E-state index in [0.717, 1.165) is 25.2 Å². The van der Waals surface area contributed by atoms with E-state index in [1.165, 1.54) is 31.2 Å². The van der Waals surface area contributed by atoms with Gasteiger partial charge in [0.05, 0.1) is 0 Å². The van der Waals surface area contributed by atoms with Crippen LogP contribution < -0.4 is 5.32 Å². The van der Waals surface area contributed by atoms with Gasteiger partial charge in [0, 0.05) is 24.9 Å². The highest BCUT2D eigenvalue weighted by Crippen LogP contribution is 2.11. The van der Waals surface area contributed by atoms with Crippen molar-refractivity contribution in [2.45, 2.75) is 51.5 Å². The molecule has 0 spiro atoms. The van der Waals surface area contributed by atoms with Crippen molar-refractivity contribution in [3.63, 3.8) is 0 Å². The number of hydrogen-bond donors (Lipinski definition) is 1. The monoisotopic (exact) mass is 219 g/mol. The maximum Gasteiger partial charge on any atom is 0.129 e. The van der Waals surface area contributed by atoms with Crippen molar-refractivity contribution in [2.75, 3.05) is 6.54 Å². The quantitative estimate of drug-likeness (QED) is 0.846. The van der Waals surface area contributed by atoms with Crippen LogP contribution in [0.2, 0.25) is 0 Å². The van der Waals surface area contributed by atoms with Crippen LogP contribution in [0.4, 0.5) is 0 Å². The first-order valence-corrected chi connectivity index (χ1v) is 6.41. The number of aryl methyl sites for hydroxylation is 1. The standard InChI is InChI=1S/C13H21N3/c1-2-11-9-15-13(16-10-11)8-12-6-4-3-5-7-14-12/h9-10,12,14H,2-8H2,1H3. The minimum Gasteiger partial charge on any atom is -0.314 e. The number of aromatic nitrogens is 2. The minimum absolute atomic E-state index is 0.579. The van der Waals surface area contributed by atoms with E-state index < -0.39 is 0 Å². The lowest BCUT2D eigenvalue weighted by atomic mass is 10.1. The molecule has 16 heavy (non-hydrogen) atoms. The first-order valence-electron chi connectivity index (χ1n) is 6.41. The molecule has 0 amide bonds. The van der Waals surface area contributed by atoms with Gasteiger partial charge in [-0.2, -0.15) is 0 Å². The lowest BCUT2D eigenvalue weighted by molar-refractivity contribution is 0.497. The molecule has 0 saturated carbocycles. The predicted octanol–water partition coefficient (Wildman–Crippen LogP) is 2.11. The van der Waals surface area contributed by atoms with E-state index in [1.54, 1.807) is 0 Å². The van der Waals surface area contributed by atoms with Crippen LogP contribution in [0.3, 0.4) is 0 Å². The summed E-state index contributed by atoms with van der Waals surface area (Å²) in [6.07, 6.45) is 11.2. The Morgan fingerprint density at radius 3 is 2.81 bits per heavy atom. The number of nitrogens with zero attached hydrogens (tertiary/aromatic N) is 2. The van der Waals surface area contributed by atoms with Gasteiger partial charge in [-0.05, 0) is 31.4 Å². The molecule has 1 aliphatic rings. The molecule has 1 aliphatic heterocycles. The molecule has 1 saturated heterocycles. The average molecular weight is 219 g/mol. The normalized spacial score (nSPS) is 21.7. The number of nitrogens with one attached hydrogen (secondary N) is 1. The molecule has 1 aromatic heterocycles. The second-order valence-corrected chi connectivity index (χ2v) is 4.57. The minimum atomic E-state index is 0.579. The predicted molar refractivity (Wildman–Crippen MR) is 65.4 cm³/mol. The van der Waals surface area contributed by atoms with E-state index in [9.17, 15) is 0 Å². The third-order valence-electron chi connectivity index (χ3n) is 3.26.